The maximum atomic E-state index is 12.5. The fraction of sp³-hybridized carbons (Fsp3) is 0.562. The highest BCUT2D eigenvalue weighted by Gasteiger charge is 2.29. The summed E-state index contributed by atoms with van der Waals surface area (Å²) >= 11 is 3.60. The van der Waals surface area contributed by atoms with Crippen LogP contribution in [0.2, 0.25) is 0 Å². The van der Waals surface area contributed by atoms with Crippen molar-refractivity contribution in [2.24, 2.45) is 11.7 Å². The van der Waals surface area contributed by atoms with Crippen molar-refractivity contribution in [2.45, 2.75) is 44.7 Å². The van der Waals surface area contributed by atoms with E-state index in [-0.39, 0.29) is 24.4 Å². The summed E-state index contributed by atoms with van der Waals surface area (Å²) in [6.45, 7) is 1.57. The first-order valence-electron chi connectivity index (χ1n) is 7.45. The number of nitrogens with zero attached hydrogens (tertiary/aromatic N) is 1. The van der Waals surface area contributed by atoms with Crippen molar-refractivity contribution in [3.05, 3.63) is 33.8 Å². The Kier molecular flexibility index (Phi) is 5.69. The molecule has 0 bridgehead atoms. The first-order chi connectivity index (χ1) is 9.65. The minimum Gasteiger partial charge on any atom is -0.338 e. The number of hydrogen-bond acceptors (Lipinski definition) is 2. The van der Waals surface area contributed by atoms with Crippen LogP contribution >= 0.6 is 28.3 Å². The summed E-state index contributed by atoms with van der Waals surface area (Å²) in [5.41, 5.74) is 8.71. The van der Waals surface area contributed by atoms with Crippen LogP contribution in [0.5, 0.6) is 0 Å². The molecule has 3 nitrogen and oxygen atoms in total. The van der Waals surface area contributed by atoms with Gasteiger partial charge in [0.05, 0.1) is 0 Å². The second-order valence-electron chi connectivity index (χ2n) is 6.00. The zero-order valence-corrected chi connectivity index (χ0v) is 14.5. The molecule has 0 unspecified atom stereocenters. The maximum absolute atomic E-state index is 12.5. The van der Waals surface area contributed by atoms with Gasteiger partial charge in [0.15, 0.2) is 0 Å². The van der Waals surface area contributed by atoms with Crippen LogP contribution in [0.25, 0.3) is 0 Å². The second kappa shape index (κ2) is 7.12. The SMILES string of the molecule is Cl.N[C@@H]1CCC[C@H]1CC(=O)N1CCc2cccc(Br)c2C1. The molecule has 1 heterocycles. The fourth-order valence-corrected chi connectivity index (χ4v) is 3.96. The topological polar surface area (TPSA) is 46.3 Å². The van der Waals surface area contributed by atoms with Crippen LogP contribution in [0, 0.1) is 5.92 Å². The number of rotatable bonds is 2. The standard InChI is InChI=1S/C16H21BrN2O.ClH/c17-14-5-1-3-11-7-8-19(10-13(11)14)16(20)9-12-4-2-6-15(12)18;/h1,3,5,12,15H,2,4,6-10,18H2;1H/t12-,15+;/m0./s1. The van der Waals surface area contributed by atoms with Gasteiger partial charge >= 0.3 is 0 Å². The minimum atomic E-state index is 0. The zero-order valence-electron chi connectivity index (χ0n) is 12.1. The van der Waals surface area contributed by atoms with Gasteiger partial charge in [0, 0.05) is 30.0 Å². The molecule has 2 aliphatic rings. The Balaban J connectivity index is 0.00000161. The Morgan fingerprint density at radius 3 is 2.90 bits per heavy atom. The van der Waals surface area contributed by atoms with E-state index in [1.54, 1.807) is 0 Å². The zero-order chi connectivity index (χ0) is 14.1. The number of fused-ring (bicyclic) bond motifs is 1. The largest absolute Gasteiger partial charge is 0.338 e. The minimum absolute atomic E-state index is 0. The van der Waals surface area contributed by atoms with Crippen molar-refractivity contribution >= 4 is 34.2 Å². The first kappa shape index (κ1) is 16.8. The van der Waals surface area contributed by atoms with Gasteiger partial charge in [0.1, 0.15) is 0 Å². The molecule has 5 heteroatoms. The van der Waals surface area contributed by atoms with Crippen LogP contribution in [-0.2, 0) is 17.8 Å². The van der Waals surface area contributed by atoms with Gasteiger partial charge in [-0.2, -0.15) is 0 Å². The van der Waals surface area contributed by atoms with Gasteiger partial charge in [-0.3, -0.25) is 4.79 Å². The molecule has 1 fully saturated rings. The van der Waals surface area contributed by atoms with Crippen molar-refractivity contribution in [1.29, 1.82) is 0 Å². The maximum Gasteiger partial charge on any atom is 0.223 e. The quantitative estimate of drug-likeness (QED) is 0.865. The second-order valence-corrected chi connectivity index (χ2v) is 6.86. The molecular weight excluding hydrogens is 352 g/mol. The smallest absolute Gasteiger partial charge is 0.223 e. The number of carbonyl (C=O) groups is 1. The van der Waals surface area contributed by atoms with Gasteiger partial charge in [-0.1, -0.05) is 34.5 Å². The highest BCUT2D eigenvalue weighted by molar-refractivity contribution is 9.10. The van der Waals surface area contributed by atoms with Crippen LogP contribution in [0.3, 0.4) is 0 Å². The van der Waals surface area contributed by atoms with E-state index < -0.39 is 0 Å². The summed E-state index contributed by atoms with van der Waals surface area (Å²) in [6, 6.07) is 6.51. The summed E-state index contributed by atoms with van der Waals surface area (Å²) in [5.74, 6) is 0.664. The lowest BCUT2D eigenvalue weighted by Crippen LogP contribution is -2.38. The molecule has 2 N–H and O–H groups in total. The first-order valence-corrected chi connectivity index (χ1v) is 8.24. The summed E-state index contributed by atoms with van der Waals surface area (Å²) in [7, 11) is 0. The Bertz CT molecular complexity index is 523. The lowest BCUT2D eigenvalue weighted by molar-refractivity contribution is -0.133. The molecule has 1 aliphatic carbocycles. The van der Waals surface area contributed by atoms with Crippen molar-refractivity contribution in [1.82, 2.24) is 4.90 Å². The van der Waals surface area contributed by atoms with E-state index in [4.69, 9.17) is 5.73 Å². The van der Waals surface area contributed by atoms with Crippen LogP contribution in [0.4, 0.5) is 0 Å². The highest BCUT2D eigenvalue weighted by Crippen LogP contribution is 2.30. The van der Waals surface area contributed by atoms with E-state index in [2.05, 4.69) is 34.1 Å². The third kappa shape index (κ3) is 3.61. The van der Waals surface area contributed by atoms with Crippen molar-refractivity contribution in [2.75, 3.05) is 6.54 Å². The highest BCUT2D eigenvalue weighted by atomic mass is 79.9. The van der Waals surface area contributed by atoms with E-state index in [1.807, 2.05) is 4.90 Å². The number of benzene rings is 1. The number of amides is 1. The molecule has 2 atom stereocenters. The molecule has 0 spiro atoms. The molecule has 3 rings (SSSR count). The van der Waals surface area contributed by atoms with Gasteiger partial charge < -0.3 is 10.6 Å². The molecule has 116 valence electrons. The Morgan fingerprint density at radius 1 is 1.38 bits per heavy atom. The van der Waals surface area contributed by atoms with Crippen molar-refractivity contribution in [3.8, 4) is 0 Å². The molecule has 0 saturated heterocycles. The average Bonchev–Trinajstić information content (AvgIpc) is 2.84. The predicted octanol–water partition coefficient (Wildman–Crippen LogP) is 3.27. The molecule has 1 aromatic carbocycles. The van der Waals surface area contributed by atoms with E-state index in [9.17, 15) is 4.79 Å². The van der Waals surface area contributed by atoms with E-state index in [0.717, 1.165) is 36.8 Å². The fourth-order valence-electron chi connectivity index (χ4n) is 3.43. The van der Waals surface area contributed by atoms with Gasteiger partial charge in [0.25, 0.3) is 0 Å². The molecule has 0 radical (unpaired) electrons. The number of carbonyl (C=O) groups excluding carboxylic acids is 1. The molecular formula is C16H22BrClN2O. The number of nitrogens with two attached hydrogens (primary N) is 1. The molecule has 0 aromatic heterocycles. The molecule has 1 aromatic rings. The lowest BCUT2D eigenvalue weighted by atomic mass is 9.96. The third-order valence-electron chi connectivity index (χ3n) is 4.72. The number of halogens is 2. The summed E-state index contributed by atoms with van der Waals surface area (Å²) < 4.78 is 1.12. The summed E-state index contributed by atoms with van der Waals surface area (Å²) in [6.07, 6.45) is 4.94. The van der Waals surface area contributed by atoms with Crippen LogP contribution in [0.1, 0.15) is 36.8 Å². The van der Waals surface area contributed by atoms with E-state index >= 15 is 0 Å². The lowest BCUT2D eigenvalue weighted by Gasteiger charge is -2.31. The monoisotopic (exact) mass is 372 g/mol. The summed E-state index contributed by atoms with van der Waals surface area (Å²) in [5, 5.41) is 0. The predicted molar refractivity (Wildman–Crippen MR) is 90.4 cm³/mol. The van der Waals surface area contributed by atoms with Gasteiger partial charge in [-0.15, -0.1) is 12.4 Å². The van der Waals surface area contributed by atoms with Crippen LogP contribution in [-0.4, -0.2) is 23.4 Å². The molecule has 1 saturated carbocycles. The van der Waals surface area contributed by atoms with Gasteiger partial charge in [0.2, 0.25) is 5.91 Å². The molecule has 21 heavy (non-hydrogen) atoms. The molecule has 1 amide bonds. The van der Waals surface area contributed by atoms with Gasteiger partial charge in [-0.05, 0) is 42.4 Å². The number of hydrogen-bond donors (Lipinski definition) is 1. The Morgan fingerprint density at radius 2 is 2.19 bits per heavy atom. The Labute approximate surface area is 140 Å². The van der Waals surface area contributed by atoms with Crippen LogP contribution in [0.15, 0.2) is 22.7 Å². The normalized spacial score (nSPS) is 24.4. The molecule has 1 aliphatic heterocycles. The van der Waals surface area contributed by atoms with E-state index in [1.165, 1.54) is 17.5 Å². The van der Waals surface area contributed by atoms with E-state index in [0.29, 0.717) is 12.3 Å². The Hall–Kier alpha value is -0.580. The van der Waals surface area contributed by atoms with Crippen molar-refractivity contribution < 1.29 is 4.79 Å². The van der Waals surface area contributed by atoms with Gasteiger partial charge in [-0.25, -0.2) is 0 Å². The third-order valence-corrected chi connectivity index (χ3v) is 5.47. The summed E-state index contributed by atoms with van der Waals surface area (Å²) in [4.78, 5) is 14.5. The van der Waals surface area contributed by atoms with Crippen molar-refractivity contribution in [3.63, 3.8) is 0 Å². The van der Waals surface area contributed by atoms with Crippen LogP contribution < -0.4 is 5.73 Å². The average molecular weight is 374 g/mol.